The number of aliphatic hydroxyl groups is 1. The lowest BCUT2D eigenvalue weighted by molar-refractivity contribution is -0.157. The minimum atomic E-state index is -1.28. The van der Waals surface area contributed by atoms with Gasteiger partial charge in [-0.2, -0.15) is 0 Å². The Balaban J connectivity index is 0.000000175. The molecule has 0 amide bonds. The minimum Gasteiger partial charge on any atom is -0.502 e. The second-order valence-corrected chi connectivity index (χ2v) is 31.9. The lowest BCUT2D eigenvalue weighted by Gasteiger charge is -2.26. The van der Waals surface area contributed by atoms with E-state index >= 15 is 0 Å². The number of rotatable bonds is 25. The van der Waals surface area contributed by atoms with Gasteiger partial charge >= 0.3 is 23.9 Å². The van der Waals surface area contributed by atoms with Crippen molar-refractivity contribution in [3.63, 3.8) is 0 Å². The van der Waals surface area contributed by atoms with Gasteiger partial charge in [0.25, 0.3) is 0 Å². The number of carbonyl (C=O) groups is 4. The fourth-order valence-corrected chi connectivity index (χ4v) is 16.1. The van der Waals surface area contributed by atoms with E-state index in [1.165, 1.54) is 78.7 Å². The number of aryl methyl sites for hydroxylation is 10. The maximum atomic E-state index is 12.7. The average Bonchev–Trinajstić information content (AvgIpc) is 1.31. The average molecular weight is 1610 g/mol. The van der Waals surface area contributed by atoms with Crippen molar-refractivity contribution in [3.8, 4) is 67.5 Å². The highest BCUT2D eigenvalue weighted by atomic mass is 16.6. The molecule has 0 saturated heterocycles. The summed E-state index contributed by atoms with van der Waals surface area (Å²) in [6.45, 7) is 33.8. The summed E-state index contributed by atoms with van der Waals surface area (Å²) in [7, 11) is 5.72. The van der Waals surface area contributed by atoms with Gasteiger partial charge < -0.3 is 62.3 Å². The van der Waals surface area contributed by atoms with E-state index < -0.39 is 42.3 Å². The molecule has 0 radical (unpaired) electrons. The standard InChI is InChI=1S/C25H28O4.C25H32O4.C24H30O4.C22H24O4.C4H8O.CH4/c1-15(2)29-24(25(26)27-4)22-16(3)7-11-20(17-8-9-17)23(22)19-10-12-21-18(14-19)6-5-13-28-21;1-6-8-18-11-10-17(4)22(24(25(26)27-5)29-16(2)3)23(18)20-12-13-21-19(15-20)9-7-14-28-21;1-5-7-17-10-9-16(4)21(23(24(25)26)28-15(2)3)22(17)19-11-12-20-18(14-19)8-6-13-27-20;1-13-5-9-17(14-6-7-14)20(19(13)21(23)22(24)25-2)16-8-10-18-15(12-16)4-3-11-26-18;1-4(2)5-3;/h7,10-12,14,17,24H,1,5-6,8-9,13H2,2-4H3;10-13,15-16,24H,6-9,14H2,1-5H3;9-12,14-15,23H,5-8,13H2,1-4H3,(H,25,26);5,8-10,12,14,21,23H,3-4,6-7,11H2,1-2H3;1H2,2-3H3;1H4. The highest BCUT2D eigenvalue weighted by Crippen LogP contribution is 2.51. The highest BCUT2D eigenvalue weighted by molar-refractivity contribution is 5.88. The number of ether oxygens (including phenoxy) is 11. The van der Waals surface area contributed by atoms with Crippen LogP contribution in [0.15, 0.2) is 146 Å². The Kier molecular flexibility index (Phi) is 33.4. The number of allylic oxidation sites excluding steroid dienone is 2. The molecule has 0 spiro atoms. The highest BCUT2D eigenvalue weighted by Gasteiger charge is 2.37. The Bertz CT molecular complexity index is 4840. The normalized spacial score (nSPS) is 15.0. The van der Waals surface area contributed by atoms with Crippen molar-refractivity contribution in [2.75, 3.05) is 54.9 Å². The van der Waals surface area contributed by atoms with Crippen LogP contribution in [-0.2, 0) is 90.9 Å². The predicted molar refractivity (Wildman–Crippen MR) is 467 cm³/mol. The van der Waals surface area contributed by atoms with Crippen LogP contribution in [0.4, 0.5) is 0 Å². The lowest BCUT2D eigenvalue weighted by atomic mass is 9.85. The first kappa shape index (κ1) is 91.7. The molecule has 118 heavy (non-hydrogen) atoms. The molecule has 14 rings (SSSR count). The molecule has 4 heterocycles. The Morgan fingerprint density at radius 2 is 0.737 bits per heavy atom. The van der Waals surface area contributed by atoms with E-state index in [1.54, 1.807) is 21.0 Å². The number of carbonyl (C=O) groups excluding carboxylic acids is 3. The number of aliphatic carboxylic acids is 1. The zero-order valence-electron chi connectivity index (χ0n) is 71.7. The fraction of sp³-hybridized carbons (Fsp3) is 0.446. The van der Waals surface area contributed by atoms with Gasteiger partial charge in [-0.25, -0.2) is 19.2 Å². The van der Waals surface area contributed by atoms with E-state index in [1.807, 2.05) is 85.7 Å². The summed E-state index contributed by atoms with van der Waals surface area (Å²) in [6.07, 6.45) is 12.4. The molecule has 17 nitrogen and oxygen atoms in total. The summed E-state index contributed by atoms with van der Waals surface area (Å²) in [5, 5.41) is 20.6. The predicted octanol–water partition coefficient (Wildman–Crippen LogP) is 22.6. The summed E-state index contributed by atoms with van der Waals surface area (Å²) < 4.78 is 60.5. The van der Waals surface area contributed by atoms with Crippen LogP contribution in [0.3, 0.4) is 0 Å². The number of fused-ring (bicyclic) bond motifs is 4. The summed E-state index contributed by atoms with van der Waals surface area (Å²) >= 11 is 0. The third kappa shape index (κ3) is 22.8. The van der Waals surface area contributed by atoms with Gasteiger partial charge in [0.05, 0.1) is 78.6 Å². The zero-order valence-corrected chi connectivity index (χ0v) is 71.7. The summed E-state index contributed by atoms with van der Waals surface area (Å²) in [5.41, 5.74) is 25.3. The Labute approximate surface area is 700 Å². The molecule has 8 aromatic carbocycles. The molecule has 2 fully saturated rings. The second-order valence-electron chi connectivity index (χ2n) is 31.9. The zero-order chi connectivity index (χ0) is 84.3. The quantitative estimate of drug-likeness (QED) is 0.0309. The summed E-state index contributed by atoms with van der Waals surface area (Å²) in [5.74, 6) is 3.73. The van der Waals surface area contributed by atoms with Crippen molar-refractivity contribution in [1.82, 2.24) is 0 Å². The molecule has 632 valence electrons. The topological polar surface area (TPSA) is 210 Å². The van der Waals surface area contributed by atoms with Crippen molar-refractivity contribution >= 4 is 23.9 Å². The molecule has 2 aliphatic carbocycles. The number of hydrogen-bond donors (Lipinski definition) is 2. The largest absolute Gasteiger partial charge is 0.502 e. The molecular weight excluding hydrogens is 1490 g/mol. The van der Waals surface area contributed by atoms with Crippen LogP contribution < -0.4 is 18.9 Å². The lowest BCUT2D eigenvalue weighted by Crippen LogP contribution is -2.23. The van der Waals surface area contributed by atoms with Gasteiger partial charge in [0.2, 0.25) is 6.10 Å². The third-order valence-electron chi connectivity index (χ3n) is 22.0. The van der Waals surface area contributed by atoms with Crippen LogP contribution in [0, 0.1) is 27.7 Å². The second kappa shape index (κ2) is 43.0. The van der Waals surface area contributed by atoms with Crippen molar-refractivity contribution in [3.05, 3.63) is 235 Å². The number of aliphatic hydroxyl groups excluding tert-OH is 1. The first-order chi connectivity index (χ1) is 56.2. The Hall–Kier alpha value is -10.2. The van der Waals surface area contributed by atoms with E-state index in [2.05, 4.69) is 123 Å². The molecular formula is C101H126O17. The van der Waals surface area contributed by atoms with Crippen LogP contribution in [0.25, 0.3) is 44.5 Å². The van der Waals surface area contributed by atoms with E-state index in [9.17, 15) is 29.4 Å². The van der Waals surface area contributed by atoms with Crippen LogP contribution >= 0.6 is 0 Å². The molecule has 4 aliphatic heterocycles. The summed E-state index contributed by atoms with van der Waals surface area (Å²) in [6, 6.07) is 42.0. The molecule has 0 aromatic heterocycles. The van der Waals surface area contributed by atoms with Gasteiger partial charge in [-0.3, -0.25) is 0 Å². The van der Waals surface area contributed by atoms with Gasteiger partial charge in [-0.15, -0.1) is 0 Å². The van der Waals surface area contributed by atoms with Crippen LogP contribution in [-0.4, -0.2) is 101 Å². The van der Waals surface area contributed by atoms with E-state index in [4.69, 9.17) is 47.4 Å². The van der Waals surface area contributed by atoms with Gasteiger partial charge in [0.1, 0.15) is 23.0 Å². The van der Waals surface area contributed by atoms with E-state index in [-0.39, 0.29) is 25.6 Å². The van der Waals surface area contributed by atoms with Crippen LogP contribution in [0.1, 0.15) is 252 Å². The number of hydrogen-bond acceptors (Lipinski definition) is 16. The number of benzene rings is 8. The molecule has 0 bridgehead atoms. The van der Waals surface area contributed by atoms with Crippen LogP contribution in [0.5, 0.6) is 23.0 Å². The first-order valence-electron chi connectivity index (χ1n) is 41.8. The van der Waals surface area contributed by atoms with Crippen molar-refractivity contribution in [1.29, 1.82) is 0 Å². The SMILES string of the molecule is C.C=C(C)OC.C=C(C)OC(C(=O)OC)c1c(C)ccc(C2CC2)c1-c1ccc2c(c1)CCCO2.CCCc1ccc(C)c(C(OC(C)C)C(=O)O)c1-c1ccc2c(c1)CCCO2.CCCc1ccc(C)c(C(OC(C)C)C(=O)OC)c1-c1ccc2c(c1)CCCO2.COC(=O)C(O)c1c(C)ccc(C2CC2)c1-c1ccc2c(c1)CCCO2. The van der Waals surface area contributed by atoms with Crippen molar-refractivity contribution in [2.45, 2.75) is 242 Å². The molecule has 4 atom stereocenters. The smallest absolute Gasteiger partial charge is 0.351 e. The molecule has 4 unspecified atom stereocenters. The Morgan fingerprint density at radius 1 is 0.424 bits per heavy atom. The molecule has 2 saturated carbocycles. The molecule has 2 N–H and O–H groups in total. The van der Waals surface area contributed by atoms with Gasteiger partial charge in [0, 0.05) is 22.3 Å². The van der Waals surface area contributed by atoms with Crippen molar-refractivity contribution < 1.29 is 81.5 Å². The first-order valence-corrected chi connectivity index (χ1v) is 41.8. The van der Waals surface area contributed by atoms with Gasteiger partial charge in [0.15, 0.2) is 18.3 Å². The maximum absolute atomic E-state index is 12.7. The van der Waals surface area contributed by atoms with E-state index in [0.717, 1.165) is 229 Å². The van der Waals surface area contributed by atoms with Crippen molar-refractivity contribution in [2.24, 2.45) is 0 Å². The molecule has 8 aromatic rings. The summed E-state index contributed by atoms with van der Waals surface area (Å²) in [4.78, 5) is 49.6. The van der Waals surface area contributed by atoms with Gasteiger partial charge in [-0.1, -0.05) is 120 Å². The van der Waals surface area contributed by atoms with E-state index in [0.29, 0.717) is 23.2 Å². The number of methoxy groups -OCH3 is 4. The minimum absolute atomic E-state index is 0. The maximum Gasteiger partial charge on any atom is 0.351 e. The number of esters is 3. The monoisotopic (exact) mass is 1610 g/mol. The molecule has 6 aliphatic rings. The third-order valence-corrected chi connectivity index (χ3v) is 22.0. The van der Waals surface area contributed by atoms with Gasteiger partial charge in [-0.05, 0) is 331 Å². The number of carboxylic acids is 1. The Morgan fingerprint density at radius 3 is 1.06 bits per heavy atom. The molecule has 17 heteroatoms. The fourth-order valence-electron chi connectivity index (χ4n) is 16.1. The number of carboxylic acid groups (broad SMARTS) is 1. The van der Waals surface area contributed by atoms with Crippen LogP contribution in [0.2, 0.25) is 0 Å².